The van der Waals surface area contributed by atoms with Gasteiger partial charge in [0.05, 0.1) is 16.6 Å². The number of hydrogen-bond acceptors (Lipinski definition) is 3. The number of fused-ring (bicyclic) bond motifs is 1. The van der Waals surface area contributed by atoms with Crippen LogP contribution in [0.25, 0.3) is 16.6 Å². The molecule has 0 aliphatic heterocycles. The Morgan fingerprint density at radius 1 is 0.900 bits per heavy atom. The summed E-state index contributed by atoms with van der Waals surface area (Å²) in [7, 11) is 0. The van der Waals surface area contributed by atoms with Gasteiger partial charge in [0.2, 0.25) is 0 Å². The molecule has 1 heterocycles. The summed E-state index contributed by atoms with van der Waals surface area (Å²) in [6, 6.07) is 20.0. The SMILES string of the molecule is Cc1ccc(NC(=O)Nc2ccc(-n3c(C)nc4ccccc4c3=O)cc2C)cc1. The van der Waals surface area contributed by atoms with Crippen molar-refractivity contribution in [2.24, 2.45) is 0 Å². The Kier molecular flexibility index (Phi) is 5.06. The predicted octanol–water partition coefficient (Wildman–Crippen LogP) is 4.95. The third-order valence-electron chi connectivity index (χ3n) is 4.97. The Balaban J connectivity index is 1.61. The summed E-state index contributed by atoms with van der Waals surface area (Å²) in [5, 5.41) is 6.24. The summed E-state index contributed by atoms with van der Waals surface area (Å²) in [6.07, 6.45) is 0. The molecule has 30 heavy (non-hydrogen) atoms. The molecule has 1 aromatic heterocycles. The smallest absolute Gasteiger partial charge is 0.308 e. The average Bonchev–Trinajstić information content (AvgIpc) is 2.72. The lowest BCUT2D eigenvalue weighted by Crippen LogP contribution is -2.23. The Labute approximate surface area is 174 Å². The van der Waals surface area contributed by atoms with E-state index in [0.29, 0.717) is 28.1 Å². The number of anilines is 2. The van der Waals surface area contributed by atoms with Crippen LogP contribution < -0.4 is 16.2 Å². The van der Waals surface area contributed by atoms with Gasteiger partial charge in [0.15, 0.2) is 0 Å². The lowest BCUT2D eigenvalue weighted by Gasteiger charge is -2.14. The minimum absolute atomic E-state index is 0.115. The fraction of sp³-hybridized carbons (Fsp3) is 0.125. The number of urea groups is 1. The van der Waals surface area contributed by atoms with E-state index in [1.54, 1.807) is 22.8 Å². The largest absolute Gasteiger partial charge is 0.323 e. The molecular formula is C24H22N4O2. The van der Waals surface area contributed by atoms with Crippen molar-refractivity contribution in [3.8, 4) is 5.69 Å². The van der Waals surface area contributed by atoms with Crippen molar-refractivity contribution < 1.29 is 4.79 Å². The molecule has 2 amide bonds. The molecular weight excluding hydrogens is 376 g/mol. The topological polar surface area (TPSA) is 76.0 Å². The molecule has 3 aromatic carbocycles. The van der Waals surface area contributed by atoms with E-state index < -0.39 is 0 Å². The average molecular weight is 398 g/mol. The monoisotopic (exact) mass is 398 g/mol. The summed E-state index contributed by atoms with van der Waals surface area (Å²) < 4.78 is 1.59. The summed E-state index contributed by atoms with van der Waals surface area (Å²) in [5.41, 5.74) is 4.62. The van der Waals surface area contributed by atoms with E-state index in [2.05, 4.69) is 15.6 Å². The predicted molar refractivity (Wildman–Crippen MR) is 121 cm³/mol. The van der Waals surface area contributed by atoms with Crippen molar-refractivity contribution in [1.29, 1.82) is 0 Å². The molecule has 0 saturated heterocycles. The van der Waals surface area contributed by atoms with Crippen molar-refractivity contribution in [3.05, 3.63) is 94.0 Å². The number of carbonyl (C=O) groups excluding carboxylic acids is 1. The first-order valence-corrected chi connectivity index (χ1v) is 9.66. The molecule has 0 aliphatic carbocycles. The number of aryl methyl sites for hydroxylation is 3. The second kappa shape index (κ2) is 7.83. The molecule has 0 radical (unpaired) electrons. The van der Waals surface area contributed by atoms with Crippen LogP contribution in [0.4, 0.5) is 16.2 Å². The fourth-order valence-corrected chi connectivity index (χ4v) is 3.40. The van der Waals surface area contributed by atoms with E-state index in [1.165, 1.54) is 0 Å². The van der Waals surface area contributed by atoms with Crippen molar-refractivity contribution in [1.82, 2.24) is 9.55 Å². The molecule has 0 aliphatic rings. The van der Waals surface area contributed by atoms with E-state index in [0.717, 1.165) is 16.8 Å². The Bertz CT molecular complexity index is 1310. The van der Waals surface area contributed by atoms with Crippen LogP contribution in [-0.4, -0.2) is 15.6 Å². The van der Waals surface area contributed by atoms with Gasteiger partial charge in [-0.1, -0.05) is 29.8 Å². The minimum atomic E-state index is -0.324. The van der Waals surface area contributed by atoms with Crippen LogP contribution in [0.5, 0.6) is 0 Å². The molecule has 6 heteroatoms. The van der Waals surface area contributed by atoms with Crippen LogP contribution >= 0.6 is 0 Å². The highest BCUT2D eigenvalue weighted by atomic mass is 16.2. The van der Waals surface area contributed by atoms with Gasteiger partial charge in [-0.15, -0.1) is 0 Å². The maximum absolute atomic E-state index is 13.0. The zero-order valence-electron chi connectivity index (χ0n) is 17.1. The third-order valence-corrected chi connectivity index (χ3v) is 4.97. The van der Waals surface area contributed by atoms with Crippen molar-refractivity contribution in [2.45, 2.75) is 20.8 Å². The van der Waals surface area contributed by atoms with Crippen LogP contribution in [0.1, 0.15) is 17.0 Å². The quantitative estimate of drug-likeness (QED) is 0.512. The van der Waals surface area contributed by atoms with Crippen LogP contribution in [0.15, 0.2) is 71.5 Å². The first-order valence-electron chi connectivity index (χ1n) is 9.66. The Morgan fingerprint density at radius 2 is 1.63 bits per heavy atom. The molecule has 4 aromatic rings. The van der Waals surface area contributed by atoms with Crippen LogP contribution in [-0.2, 0) is 0 Å². The first-order chi connectivity index (χ1) is 14.4. The highest BCUT2D eigenvalue weighted by molar-refractivity contribution is 6.00. The molecule has 0 saturated carbocycles. The van der Waals surface area contributed by atoms with Crippen molar-refractivity contribution >= 4 is 28.3 Å². The Morgan fingerprint density at radius 3 is 2.37 bits per heavy atom. The molecule has 0 spiro atoms. The lowest BCUT2D eigenvalue weighted by molar-refractivity contribution is 0.262. The maximum atomic E-state index is 13.0. The van der Waals surface area contributed by atoms with E-state index in [-0.39, 0.29) is 11.6 Å². The molecule has 6 nitrogen and oxygen atoms in total. The van der Waals surface area contributed by atoms with Gasteiger partial charge in [0, 0.05) is 11.4 Å². The van der Waals surface area contributed by atoms with E-state index in [1.807, 2.05) is 69.3 Å². The molecule has 0 bridgehead atoms. The highest BCUT2D eigenvalue weighted by Gasteiger charge is 2.12. The van der Waals surface area contributed by atoms with Crippen molar-refractivity contribution in [3.63, 3.8) is 0 Å². The van der Waals surface area contributed by atoms with Gasteiger partial charge >= 0.3 is 6.03 Å². The number of nitrogens with one attached hydrogen (secondary N) is 2. The number of benzene rings is 3. The molecule has 0 atom stereocenters. The number of para-hydroxylation sites is 1. The minimum Gasteiger partial charge on any atom is -0.308 e. The molecule has 0 fully saturated rings. The van der Waals surface area contributed by atoms with E-state index in [9.17, 15) is 9.59 Å². The van der Waals surface area contributed by atoms with Crippen molar-refractivity contribution in [2.75, 3.05) is 10.6 Å². The number of nitrogens with zero attached hydrogens (tertiary/aromatic N) is 2. The summed E-state index contributed by atoms with van der Waals surface area (Å²) >= 11 is 0. The standard InChI is InChI=1S/C24H22N4O2/c1-15-8-10-18(11-9-15)26-24(30)27-21-13-12-19(14-16(21)2)28-17(3)25-22-7-5-4-6-20(22)23(28)29/h4-14H,1-3H3,(H2,26,27,30). The zero-order valence-corrected chi connectivity index (χ0v) is 17.1. The van der Waals surface area contributed by atoms with Gasteiger partial charge in [-0.05, 0) is 68.8 Å². The lowest BCUT2D eigenvalue weighted by atomic mass is 10.1. The van der Waals surface area contributed by atoms with Gasteiger partial charge in [-0.2, -0.15) is 0 Å². The van der Waals surface area contributed by atoms with Gasteiger partial charge in [0.25, 0.3) is 5.56 Å². The van der Waals surface area contributed by atoms with E-state index >= 15 is 0 Å². The zero-order chi connectivity index (χ0) is 21.3. The highest BCUT2D eigenvalue weighted by Crippen LogP contribution is 2.20. The summed E-state index contributed by atoms with van der Waals surface area (Å²) in [6.45, 7) is 5.69. The van der Waals surface area contributed by atoms with Gasteiger partial charge in [-0.25, -0.2) is 9.78 Å². The summed E-state index contributed by atoms with van der Waals surface area (Å²) in [4.78, 5) is 29.9. The molecule has 4 rings (SSSR count). The van der Waals surface area contributed by atoms with Gasteiger partial charge < -0.3 is 10.6 Å². The molecule has 150 valence electrons. The number of amides is 2. The number of carbonyl (C=O) groups is 1. The van der Waals surface area contributed by atoms with Crippen LogP contribution in [0, 0.1) is 20.8 Å². The summed E-state index contributed by atoms with van der Waals surface area (Å²) in [5.74, 6) is 0.607. The Hall–Kier alpha value is -3.93. The van der Waals surface area contributed by atoms with Crippen LogP contribution in [0.3, 0.4) is 0 Å². The molecule has 2 N–H and O–H groups in total. The third kappa shape index (κ3) is 3.80. The fourth-order valence-electron chi connectivity index (χ4n) is 3.40. The second-order valence-electron chi connectivity index (χ2n) is 7.26. The van der Waals surface area contributed by atoms with Gasteiger partial charge in [-0.3, -0.25) is 9.36 Å². The first kappa shape index (κ1) is 19.4. The van der Waals surface area contributed by atoms with Gasteiger partial charge in [0.1, 0.15) is 5.82 Å². The normalized spacial score (nSPS) is 10.8. The number of aromatic nitrogens is 2. The second-order valence-corrected chi connectivity index (χ2v) is 7.26. The maximum Gasteiger partial charge on any atom is 0.323 e. The number of hydrogen-bond donors (Lipinski definition) is 2. The molecule has 0 unspecified atom stereocenters. The van der Waals surface area contributed by atoms with Crippen LogP contribution in [0.2, 0.25) is 0 Å². The number of rotatable bonds is 3. The van der Waals surface area contributed by atoms with E-state index in [4.69, 9.17) is 0 Å².